The van der Waals surface area contributed by atoms with Gasteiger partial charge in [-0.2, -0.15) is 0 Å². The van der Waals surface area contributed by atoms with Crippen molar-refractivity contribution in [3.8, 4) is 11.5 Å². The topological polar surface area (TPSA) is 38.7 Å². The Morgan fingerprint density at radius 1 is 1.19 bits per heavy atom. The van der Waals surface area contributed by atoms with Crippen LogP contribution < -0.4 is 9.47 Å². The van der Waals surface area contributed by atoms with Crippen molar-refractivity contribution < 1.29 is 14.6 Å². The van der Waals surface area contributed by atoms with Gasteiger partial charge in [-0.15, -0.1) is 0 Å². The number of hydrogen-bond acceptors (Lipinski definition) is 3. The summed E-state index contributed by atoms with van der Waals surface area (Å²) in [5.74, 6) is 1.54. The van der Waals surface area contributed by atoms with Crippen molar-refractivity contribution in [2.45, 2.75) is 26.7 Å². The first-order valence-electron chi connectivity index (χ1n) is 5.39. The van der Waals surface area contributed by atoms with Crippen LogP contribution in [0.2, 0.25) is 0 Å². The van der Waals surface area contributed by atoms with E-state index in [0.29, 0.717) is 0 Å². The molecule has 0 amide bonds. The van der Waals surface area contributed by atoms with Crippen LogP contribution in [0.15, 0.2) is 6.07 Å². The smallest absolute Gasteiger partial charge is 0.164 e. The van der Waals surface area contributed by atoms with Crippen LogP contribution in [0.1, 0.15) is 29.5 Å². The number of hydrogen-bond donors (Lipinski definition) is 1. The van der Waals surface area contributed by atoms with E-state index in [1.54, 1.807) is 14.2 Å². The fourth-order valence-electron chi connectivity index (χ4n) is 1.81. The van der Waals surface area contributed by atoms with Gasteiger partial charge in [-0.05, 0) is 25.0 Å². The van der Waals surface area contributed by atoms with Crippen molar-refractivity contribution in [1.82, 2.24) is 0 Å². The third kappa shape index (κ3) is 2.14. The van der Waals surface area contributed by atoms with Crippen LogP contribution in [-0.2, 0) is 0 Å². The molecular formula is C13H20O3. The van der Waals surface area contributed by atoms with E-state index in [2.05, 4.69) is 6.07 Å². The van der Waals surface area contributed by atoms with Crippen LogP contribution in [-0.4, -0.2) is 25.9 Å². The minimum Gasteiger partial charge on any atom is -0.493 e. The quantitative estimate of drug-likeness (QED) is 0.853. The summed E-state index contributed by atoms with van der Waals surface area (Å²) in [5.41, 5.74) is 3.21. The molecule has 0 aliphatic rings. The van der Waals surface area contributed by atoms with Crippen molar-refractivity contribution in [3.05, 3.63) is 22.8 Å². The molecule has 16 heavy (non-hydrogen) atoms. The lowest BCUT2D eigenvalue weighted by molar-refractivity contribution is 0.268. The summed E-state index contributed by atoms with van der Waals surface area (Å²) in [5, 5.41) is 9.24. The van der Waals surface area contributed by atoms with Crippen LogP contribution in [0.5, 0.6) is 11.5 Å². The maximum atomic E-state index is 9.24. The summed E-state index contributed by atoms with van der Waals surface area (Å²) in [4.78, 5) is 0. The highest BCUT2D eigenvalue weighted by Gasteiger charge is 2.18. The molecule has 0 bridgehead atoms. The summed E-state index contributed by atoms with van der Waals surface area (Å²) in [7, 11) is 3.26. The van der Waals surface area contributed by atoms with Gasteiger partial charge in [0.15, 0.2) is 11.5 Å². The highest BCUT2D eigenvalue weighted by atomic mass is 16.5. The van der Waals surface area contributed by atoms with Crippen LogP contribution in [0.3, 0.4) is 0 Å². The minimum atomic E-state index is 0.0446. The van der Waals surface area contributed by atoms with E-state index >= 15 is 0 Å². The molecule has 0 aliphatic carbocycles. The highest BCUT2D eigenvalue weighted by Crippen LogP contribution is 2.39. The average molecular weight is 224 g/mol. The Morgan fingerprint density at radius 2 is 1.75 bits per heavy atom. The Balaban J connectivity index is 3.43. The number of aryl methyl sites for hydroxylation is 1. The molecule has 90 valence electrons. The molecule has 0 aromatic heterocycles. The number of rotatable bonds is 4. The Kier molecular flexibility index (Phi) is 4.19. The first kappa shape index (κ1) is 12.8. The van der Waals surface area contributed by atoms with Gasteiger partial charge >= 0.3 is 0 Å². The number of aliphatic hydroxyl groups is 1. The molecule has 0 heterocycles. The molecule has 0 radical (unpaired) electrons. The summed E-state index contributed by atoms with van der Waals surface area (Å²) in [6.07, 6.45) is 0. The molecule has 1 atom stereocenters. The Bertz CT molecular complexity index is 372. The zero-order valence-electron chi connectivity index (χ0n) is 10.6. The molecule has 0 spiro atoms. The fraction of sp³-hybridized carbons (Fsp3) is 0.538. The number of aliphatic hydroxyl groups excluding tert-OH is 1. The summed E-state index contributed by atoms with van der Waals surface area (Å²) in [6, 6.07) is 2.05. The number of methoxy groups -OCH3 is 2. The van der Waals surface area contributed by atoms with Gasteiger partial charge in [0.05, 0.1) is 14.2 Å². The van der Waals surface area contributed by atoms with Gasteiger partial charge in [0, 0.05) is 18.1 Å². The first-order chi connectivity index (χ1) is 7.56. The van der Waals surface area contributed by atoms with E-state index in [-0.39, 0.29) is 12.5 Å². The Labute approximate surface area is 97.0 Å². The highest BCUT2D eigenvalue weighted by molar-refractivity contribution is 5.55. The normalized spacial score (nSPS) is 12.4. The molecule has 0 saturated carbocycles. The second-order valence-electron chi connectivity index (χ2n) is 4.06. The van der Waals surface area contributed by atoms with Gasteiger partial charge in [0.2, 0.25) is 0 Å². The van der Waals surface area contributed by atoms with Crippen molar-refractivity contribution in [2.75, 3.05) is 20.8 Å². The van der Waals surface area contributed by atoms with Crippen molar-refractivity contribution in [3.63, 3.8) is 0 Å². The van der Waals surface area contributed by atoms with E-state index in [1.807, 2.05) is 20.8 Å². The predicted molar refractivity (Wildman–Crippen MR) is 64.5 cm³/mol. The fourth-order valence-corrected chi connectivity index (χ4v) is 1.81. The van der Waals surface area contributed by atoms with Gasteiger partial charge in [-0.3, -0.25) is 0 Å². The monoisotopic (exact) mass is 224 g/mol. The van der Waals surface area contributed by atoms with Crippen molar-refractivity contribution in [1.29, 1.82) is 0 Å². The molecule has 1 aromatic carbocycles. The molecule has 1 unspecified atom stereocenters. The van der Waals surface area contributed by atoms with Gasteiger partial charge in [-0.25, -0.2) is 0 Å². The van der Waals surface area contributed by atoms with Crippen LogP contribution in [0, 0.1) is 13.8 Å². The van der Waals surface area contributed by atoms with Gasteiger partial charge in [-0.1, -0.05) is 13.0 Å². The summed E-state index contributed by atoms with van der Waals surface area (Å²) < 4.78 is 10.8. The molecule has 0 aliphatic heterocycles. The van der Waals surface area contributed by atoms with Crippen molar-refractivity contribution in [2.24, 2.45) is 0 Å². The van der Waals surface area contributed by atoms with E-state index < -0.39 is 0 Å². The molecule has 1 aromatic rings. The predicted octanol–water partition coefficient (Wildman–Crippen LogP) is 2.42. The van der Waals surface area contributed by atoms with Crippen LogP contribution in [0.25, 0.3) is 0 Å². The standard InChI is InChI=1S/C13H20O3/c1-8-6-11(9(2)7-14)13(16-5)12(15-4)10(8)3/h6,9,14H,7H2,1-5H3. The molecule has 1 rings (SSSR count). The Hall–Kier alpha value is -1.22. The molecular weight excluding hydrogens is 204 g/mol. The van der Waals surface area contributed by atoms with Gasteiger partial charge in [0.25, 0.3) is 0 Å². The SMILES string of the molecule is COc1c(C(C)CO)cc(C)c(C)c1OC. The van der Waals surface area contributed by atoms with E-state index in [4.69, 9.17) is 9.47 Å². The zero-order chi connectivity index (χ0) is 12.3. The lowest BCUT2D eigenvalue weighted by atomic mass is 9.95. The largest absolute Gasteiger partial charge is 0.493 e. The summed E-state index contributed by atoms with van der Waals surface area (Å²) >= 11 is 0. The molecule has 0 fully saturated rings. The van der Waals surface area contributed by atoms with E-state index in [9.17, 15) is 5.11 Å². The third-order valence-electron chi connectivity index (χ3n) is 2.99. The van der Waals surface area contributed by atoms with E-state index in [0.717, 1.165) is 28.2 Å². The minimum absolute atomic E-state index is 0.0446. The van der Waals surface area contributed by atoms with Gasteiger partial charge in [0.1, 0.15) is 0 Å². The number of benzene rings is 1. The summed E-state index contributed by atoms with van der Waals surface area (Å²) in [6.45, 7) is 6.10. The third-order valence-corrected chi connectivity index (χ3v) is 2.99. The van der Waals surface area contributed by atoms with Crippen molar-refractivity contribution >= 4 is 0 Å². The number of ether oxygens (including phenoxy) is 2. The second kappa shape index (κ2) is 5.21. The maximum absolute atomic E-state index is 9.24. The zero-order valence-corrected chi connectivity index (χ0v) is 10.6. The van der Waals surface area contributed by atoms with E-state index in [1.165, 1.54) is 0 Å². The lowest BCUT2D eigenvalue weighted by Gasteiger charge is -2.19. The average Bonchev–Trinajstić information content (AvgIpc) is 2.30. The molecule has 3 nitrogen and oxygen atoms in total. The van der Waals surface area contributed by atoms with Crippen LogP contribution >= 0.6 is 0 Å². The lowest BCUT2D eigenvalue weighted by Crippen LogP contribution is -2.05. The molecule has 0 saturated heterocycles. The van der Waals surface area contributed by atoms with Crippen LogP contribution in [0.4, 0.5) is 0 Å². The van der Waals surface area contributed by atoms with Gasteiger partial charge < -0.3 is 14.6 Å². The second-order valence-corrected chi connectivity index (χ2v) is 4.06. The Morgan fingerprint density at radius 3 is 2.19 bits per heavy atom. The first-order valence-corrected chi connectivity index (χ1v) is 5.39. The molecule has 3 heteroatoms. The maximum Gasteiger partial charge on any atom is 0.164 e. The molecule has 1 N–H and O–H groups in total.